The van der Waals surface area contributed by atoms with E-state index in [-0.39, 0.29) is 11.9 Å². The van der Waals surface area contributed by atoms with Crippen LogP contribution in [0.5, 0.6) is 11.5 Å². The number of benzene rings is 1. The molecule has 0 bridgehead atoms. The van der Waals surface area contributed by atoms with Gasteiger partial charge in [-0.3, -0.25) is 4.79 Å². The molecule has 1 aromatic rings. The van der Waals surface area contributed by atoms with E-state index < -0.39 is 0 Å². The summed E-state index contributed by atoms with van der Waals surface area (Å²) in [7, 11) is 1.56. The summed E-state index contributed by atoms with van der Waals surface area (Å²) in [6, 6.07) is 3.64. The van der Waals surface area contributed by atoms with Crippen molar-refractivity contribution >= 4 is 17.5 Å². The summed E-state index contributed by atoms with van der Waals surface area (Å²) in [4.78, 5) is 15.0. The van der Waals surface area contributed by atoms with Gasteiger partial charge in [0.05, 0.1) is 18.7 Å². The molecule has 134 valence electrons. The molecule has 0 aromatic heterocycles. The molecule has 0 radical (unpaired) electrons. The minimum Gasteiger partial charge on any atom is -0.493 e. The topological polar surface area (TPSA) is 50.8 Å². The predicted molar refractivity (Wildman–Crippen MR) is 96.4 cm³/mol. The molecule has 1 heterocycles. The Balaban J connectivity index is 2.28. The van der Waals surface area contributed by atoms with Crippen molar-refractivity contribution in [3.63, 3.8) is 0 Å². The maximum atomic E-state index is 13.0. The van der Waals surface area contributed by atoms with Gasteiger partial charge in [-0.05, 0) is 37.9 Å². The van der Waals surface area contributed by atoms with Gasteiger partial charge in [0.25, 0.3) is 5.91 Å². The Morgan fingerprint density at radius 2 is 2.17 bits per heavy atom. The van der Waals surface area contributed by atoms with E-state index >= 15 is 0 Å². The highest BCUT2D eigenvalue weighted by Gasteiger charge is 2.28. The Bertz CT molecular complexity index is 559. The molecule has 5 nitrogen and oxygen atoms in total. The quantitative estimate of drug-likeness (QED) is 0.777. The Morgan fingerprint density at radius 3 is 2.75 bits per heavy atom. The largest absolute Gasteiger partial charge is 0.493 e. The van der Waals surface area contributed by atoms with Crippen molar-refractivity contribution < 1.29 is 14.3 Å². The van der Waals surface area contributed by atoms with E-state index in [1.54, 1.807) is 19.2 Å². The van der Waals surface area contributed by atoms with Crippen molar-refractivity contribution in [2.45, 2.75) is 39.2 Å². The molecular weight excluding hydrogens is 328 g/mol. The molecule has 1 amide bonds. The molecular formula is C18H27ClN2O3. The second-order valence-electron chi connectivity index (χ2n) is 5.98. The summed E-state index contributed by atoms with van der Waals surface area (Å²) in [5.41, 5.74) is 0.543. The summed E-state index contributed by atoms with van der Waals surface area (Å²) < 4.78 is 11.0. The van der Waals surface area contributed by atoms with Gasteiger partial charge in [0.2, 0.25) is 0 Å². The molecule has 1 aliphatic heterocycles. The third-order valence-electron chi connectivity index (χ3n) is 4.13. The molecule has 1 N–H and O–H groups in total. The Morgan fingerprint density at radius 1 is 1.38 bits per heavy atom. The average Bonchev–Trinajstić information content (AvgIpc) is 3.11. The first kappa shape index (κ1) is 18.9. The third-order valence-corrected chi connectivity index (χ3v) is 4.41. The van der Waals surface area contributed by atoms with Crippen LogP contribution in [0.1, 0.15) is 43.5 Å². The van der Waals surface area contributed by atoms with E-state index in [1.807, 2.05) is 11.8 Å². The summed E-state index contributed by atoms with van der Waals surface area (Å²) in [5.74, 6) is 0.996. The minimum atomic E-state index is -0.00667. The average molecular weight is 355 g/mol. The van der Waals surface area contributed by atoms with Gasteiger partial charge in [-0.1, -0.05) is 25.4 Å². The van der Waals surface area contributed by atoms with E-state index in [1.165, 1.54) is 0 Å². The lowest BCUT2D eigenvalue weighted by Gasteiger charge is -2.28. The fourth-order valence-electron chi connectivity index (χ4n) is 2.95. The van der Waals surface area contributed by atoms with Gasteiger partial charge in [0.1, 0.15) is 0 Å². The number of rotatable bonds is 8. The number of nitrogens with zero attached hydrogens (tertiary/aromatic N) is 1. The molecule has 1 fully saturated rings. The normalized spacial score (nSPS) is 16.9. The zero-order valence-corrected chi connectivity index (χ0v) is 15.5. The van der Waals surface area contributed by atoms with Crippen LogP contribution < -0.4 is 14.8 Å². The van der Waals surface area contributed by atoms with Gasteiger partial charge in [0, 0.05) is 24.7 Å². The van der Waals surface area contributed by atoms with Crippen LogP contribution in [0.4, 0.5) is 0 Å². The maximum absolute atomic E-state index is 13.0. The van der Waals surface area contributed by atoms with Gasteiger partial charge < -0.3 is 19.7 Å². The summed E-state index contributed by atoms with van der Waals surface area (Å²) in [6.07, 6.45) is 2.78. The van der Waals surface area contributed by atoms with Crippen molar-refractivity contribution in [1.29, 1.82) is 0 Å². The number of carbonyl (C=O) groups excluding carboxylic acids is 1. The van der Waals surface area contributed by atoms with Crippen LogP contribution in [0.3, 0.4) is 0 Å². The van der Waals surface area contributed by atoms with Crippen LogP contribution >= 0.6 is 11.6 Å². The molecule has 0 aliphatic carbocycles. The van der Waals surface area contributed by atoms with E-state index in [2.05, 4.69) is 12.2 Å². The first-order valence-electron chi connectivity index (χ1n) is 8.64. The Hall–Kier alpha value is -1.46. The van der Waals surface area contributed by atoms with Crippen LogP contribution in [0.15, 0.2) is 12.1 Å². The van der Waals surface area contributed by atoms with Gasteiger partial charge in [-0.25, -0.2) is 0 Å². The van der Waals surface area contributed by atoms with Crippen molar-refractivity contribution in [2.75, 3.05) is 33.4 Å². The van der Waals surface area contributed by atoms with Crippen LogP contribution in [0.25, 0.3) is 0 Å². The van der Waals surface area contributed by atoms with Crippen molar-refractivity contribution in [3.05, 3.63) is 22.7 Å². The highest BCUT2D eigenvalue weighted by Crippen LogP contribution is 2.37. The molecule has 1 aliphatic rings. The maximum Gasteiger partial charge on any atom is 0.254 e. The SMILES string of the molecule is CCCOc1c(Cl)cc(C(=O)N(CCC)C2CCNC2)cc1OC. The number of carbonyl (C=O) groups is 1. The number of amides is 1. The lowest BCUT2D eigenvalue weighted by molar-refractivity contribution is 0.0692. The highest BCUT2D eigenvalue weighted by atomic mass is 35.5. The molecule has 1 atom stereocenters. The predicted octanol–water partition coefficient (Wildman–Crippen LogP) is 3.35. The van der Waals surface area contributed by atoms with Crippen LogP contribution in [-0.4, -0.2) is 50.2 Å². The summed E-state index contributed by atoms with van der Waals surface area (Å²) in [6.45, 7) is 7.19. The first-order chi connectivity index (χ1) is 11.6. The molecule has 1 aromatic carbocycles. The molecule has 6 heteroatoms. The highest BCUT2D eigenvalue weighted by molar-refractivity contribution is 6.32. The van der Waals surface area contributed by atoms with Crippen LogP contribution in [0, 0.1) is 0 Å². The summed E-state index contributed by atoms with van der Waals surface area (Å²) >= 11 is 6.35. The first-order valence-corrected chi connectivity index (χ1v) is 9.02. The Labute approximate surface area is 149 Å². The zero-order chi connectivity index (χ0) is 17.5. The molecule has 1 saturated heterocycles. The third kappa shape index (κ3) is 4.33. The van der Waals surface area contributed by atoms with E-state index in [0.29, 0.717) is 28.7 Å². The number of ether oxygens (including phenoxy) is 2. The smallest absolute Gasteiger partial charge is 0.254 e. The zero-order valence-electron chi connectivity index (χ0n) is 14.7. The lowest BCUT2D eigenvalue weighted by atomic mass is 10.1. The molecule has 24 heavy (non-hydrogen) atoms. The fourth-order valence-corrected chi connectivity index (χ4v) is 3.21. The molecule has 2 rings (SSSR count). The second kappa shape index (κ2) is 9.14. The van der Waals surface area contributed by atoms with Gasteiger partial charge in [-0.2, -0.15) is 0 Å². The standard InChI is InChI=1S/C18H27ClN2O3/c1-4-8-21(14-6-7-20-12-14)18(22)13-10-15(19)17(24-9-5-2)16(11-13)23-3/h10-11,14,20H,4-9,12H2,1-3H3. The van der Waals surface area contributed by atoms with E-state index in [4.69, 9.17) is 21.1 Å². The molecule has 1 unspecified atom stereocenters. The second-order valence-corrected chi connectivity index (χ2v) is 6.39. The fraction of sp³-hybridized carbons (Fsp3) is 0.611. The minimum absolute atomic E-state index is 0.00667. The monoisotopic (exact) mass is 354 g/mol. The van der Waals surface area contributed by atoms with Crippen molar-refractivity contribution in [3.8, 4) is 11.5 Å². The molecule has 0 spiro atoms. The van der Waals surface area contributed by atoms with Gasteiger partial charge >= 0.3 is 0 Å². The Kier molecular flexibility index (Phi) is 7.18. The van der Waals surface area contributed by atoms with Crippen LogP contribution in [0.2, 0.25) is 5.02 Å². The summed E-state index contributed by atoms with van der Waals surface area (Å²) in [5, 5.41) is 3.73. The van der Waals surface area contributed by atoms with Crippen molar-refractivity contribution in [2.24, 2.45) is 0 Å². The van der Waals surface area contributed by atoms with Gasteiger partial charge in [-0.15, -0.1) is 0 Å². The van der Waals surface area contributed by atoms with E-state index in [0.717, 1.165) is 38.9 Å². The van der Waals surface area contributed by atoms with Gasteiger partial charge in [0.15, 0.2) is 11.5 Å². The number of halogens is 1. The number of hydrogen-bond acceptors (Lipinski definition) is 4. The lowest BCUT2D eigenvalue weighted by Crippen LogP contribution is -2.42. The number of nitrogens with one attached hydrogen (secondary N) is 1. The molecule has 0 saturated carbocycles. The van der Waals surface area contributed by atoms with E-state index in [9.17, 15) is 4.79 Å². The number of hydrogen-bond donors (Lipinski definition) is 1. The van der Waals surface area contributed by atoms with Crippen LogP contribution in [-0.2, 0) is 0 Å². The van der Waals surface area contributed by atoms with Crippen molar-refractivity contribution in [1.82, 2.24) is 10.2 Å². The number of methoxy groups -OCH3 is 1.